The van der Waals surface area contributed by atoms with Crippen LogP contribution in [0.25, 0.3) is 11.1 Å². The molecule has 4 aromatic rings. The molecule has 0 fully saturated rings. The number of benzene rings is 3. The largest absolute Gasteiger partial charge is 0.480 e. The Hall–Kier alpha value is -4.17. The molecular formula is C32H30F3N3O2. The first kappa shape index (κ1) is 27.4. The Labute approximate surface area is 231 Å². The molecular weight excluding hydrogens is 515 g/mol. The number of carboxylic acids is 1. The van der Waals surface area contributed by atoms with Crippen molar-refractivity contribution in [1.29, 1.82) is 0 Å². The van der Waals surface area contributed by atoms with Crippen LogP contribution >= 0.6 is 0 Å². The highest BCUT2D eigenvalue weighted by molar-refractivity contribution is 5.69. The number of alkyl halides is 3. The lowest BCUT2D eigenvalue weighted by Gasteiger charge is -2.32. The number of aryl methyl sites for hydroxylation is 1. The van der Waals surface area contributed by atoms with E-state index in [-0.39, 0.29) is 6.54 Å². The third-order valence-corrected chi connectivity index (χ3v) is 7.09. The van der Waals surface area contributed by atoms with Gasteiger partial charge in [-0.2, -0.15) is 13.2 Å². The number of halogens is 3. The minimum atomic E-state index is -4.37. The van der Waals surface area contributed by atoms with E-state index >= 15 is 0 Å². The molecule has 0 amide bonds. The normalized spacial score (nSPS) is 13.3. The first-order chi connectivity index (χ1) is 19.2. The topological polar surface area (TPSA) is 56.7 Å². The van der Waals surface area contributed by atoms with Crippen LogP contribution in [0.2, 0.25) is 0 Å². The standard InChI is InChI=1S/C32H30F3N3O2/c33-32(34,35)28-14-13-26-7-4-16-38(30(26)18-28)20-24-5-3-6-27(17-24)25-11-9-23(10-12-25)19-37(22-31(39)40)21-29-8-1-2-15-36-29/h1-3,5-6,8-15,17-18H,4,7,16,19-22H2,(H,39,40). The van der Waals surface area contributed by atoms with Gasteiger partial charge in [0, 0.05) is 38.1 Å². The summed E-state index contributed by atoms with van der Waals surface area (Å²) in [4.78, 5) is 19.6. The van der Waals surface area contributed by atoms with Crippen molar-refractivity contribution in [3.8, 4) is 11.1 Å². The number of rotatable bonds is 9. The lowest BCUT2D eigenvalue weighted by Crippen LogP contribution is -2.29. The maximum absolute atomic E-state index is 13.4. The van der Waals surface area contributed by atoms with Crippen LogP contribution in [0.5, 0.6) is 0 Å². The van der Waals surface area contributed by atoms with Crippen LogP contribution < -0.4 is 4.90 Å². The molecule has 1 N–H and O–H groups in total. The molecule has 3 aromatic carbocycles. The molecule has 0 saturated heterocycles. The van der Waals surface area contributed by atoms with E-state index in [1.165, 1.54) is 12.1 Å². The molecule has 40 heavy (non-hydrogen) atoms. The van der Waals surface area contributed by atoms with Crippen molar-refractivity contribution >= 4 is 11.7 Å². The number of pyridine rings is 1. The van der Waals surface area contributed by atoms with Gasteiger partial charge in [0.1, 0.15) is 0 Å². The highest BCUT2D eigenvalue weighted by Crippen LogP contribution is 2.36. The van der Waals surface area contributed by atoms with E-state index in [9.17, 15) is 23.1 Å². The van der Waals surface area contributed by atoms with E-state index in [4.69, 9.17) is 0 Å². The summed E-state index contributed by atoms with van der Waals surface area (Å²) in [5.74, 6) is -0.893. The molecule has 2 heterocycles. The van der Waals surface area contributed by atoms with E-state index < -0.39 is 17.7 Å². The van der Waals surface area contributed by atoms with Crippen LogP contribution in [0.3, 0.4) is 0 Å². The summed E-state index contributed by atoms with van der Waals surface area (Å²) < 4.78 is 40.1. The molecule has 0 radical (unpaired) electrons. The number of fused-ring (bicyclic) bond motifs is 1. The average molecular weight is 546 g/mol. The zero-order chi connectivity index (χ0) is 28.1. The molecule has 8 heteroatoms. The van der Waals surface area contributed by atoms with Crippen LogP contribution in [0.1, 0.15) is 34.4 Å². The van der Waals surface area contributed by atoms with Crippen LogP contribution in [0.15, 0.2) is 91.1 Å². The first-order valence-corrected chi connectivity index (χ1v) is 13.2. The summed E-state index contributed by atoms with van der Waals surface area (Å²) >= 11 is 0. The maximum Gasteiger partial charge on any atom is 0.416 e. The summed E-state index contributed by atoms with van der Waals surface area (Å²) in [6.45, 7) is 2.04. The Bertz CT molecular complexity index is 1460. The number of nitrogens with zero attached hydrogens (tertiary/aromatic N) is 3. The average Bonchev–Trinajstić information content (AvgIpc) is 2.93. The lowest BCUT2D eigenvalue weighted by atomic mass is 9.97. The van der Waals surface area contributed by atoms with Crippen molar-refractivity contribution < 1.29 is 23.1 Å². The van der Waals surface area contributed by atoms with Gasteiger partial charge in [0.15, 0.2) is 0 Å². The highest BCUT2D eigenvalue weighted by atomic mass is 19.4. The predicted molar refractivity (Wildman–Crippen MR) is 149 cm³/mol. The Balaban J connectivity index is 1.30. The summed E-state index contributed by atoms with van der Waals surface area (Å²) in [6.07, 6.45) is -0.991. The second-order valence-electron chi connectivity index (χ2n) is 10.1. The summed E-state index contributed by atoms with van der Waals surface area (Å²) in [5.41, 5.74) is 5.84. The van der Waals surface area contributed by atoms with E-state index in [0.717, 1.165) is 46.4 Å². The second-order valence-corrected chi connectivity index (χ2v) is 10.1. The lowest BCUT2D eigenvalue weighted by molar-refractivity contribution is -0.139. The molecule has 0 saturated carbocycles. The number of carbonyl (C=O) groups is 1. The molecule has 1 aliphatic rings. The fourth-order valence-corrected chi connectivity index (χ4v) is 5.20. The fraction of sp³-hybridized carbons (Fsp3) is 0.250. The van der Waals surface area contributed by atoms with Crippen LogP contribution in [-0.4, -0.2) is 34.0 Å². The zero-order valence-electron chi connectivity index (χ0n) is 21.9. The summed E-state index contributed by atoms with van der Waals surface area (Å²) in [5, 5.41) is 9.36. The molecule has 1 aromatic heterocycles. The van der Waals surface area contributed by atoms with E-state index in [1.807, 2.05) is 70.5 Å². The van der Waals surface area contributed by atoms with Crippen molar-refractivity contribution in [2.24, 2.45) is 0 Å². The minimum Gasteiger partial charge on any atom is -0.480 e. The van der Waals surface area contributed by atoms with Gasteiger partial charge in [0.25, 0.3) is 0 Å². The van der Waals surface area contributed by atoms with Crippen molar-refractivity contribution in [3.05, 3.63) is 119 Å². The maximum atomic E-state index is 13.4. The van der Waals surface area contributed by atoms with Crippen molar-refractivity contribution in [2.45, 2.75) is 38.7 Å². The minimum absolute atomic E-state index is 0.0928. The van der Waals surface area contributed by atoms with Crippen LogP contribution in [0.4, 0.5) is 18.9 Å². The van der Waals surface area contributed by atoms with Gasteiger partial charge in [-0.1, -0.05) is 54.6 Å². The van der Waals surface area contributed by atoms with Crippen molar-refractivity contribution in [3.63, 3.8) is 0 Å². The third-order valence-electron chi connectivity index (χ3n) is 7.09. The molecule has 5 rings (SSSR count). The third kappa shape index (κ3) is 6.87. The Morgan fingerprint density at radius 2 is 1.73 bits per heavy atom. The fourth-order valence-electron chi connectivity index (χ4n) is 5.20. The summed E-state index contributed by atoms with van der Waals surface area (Å²) in [6, 6.07) is 25.7. The zero-order valence-corrected chi connectivity index (χ0v) is 21.9. The smallest absolute Gasteiger partial charge is 0.416 e. The predicted octanol–water partition coefficient (Wildman–Crippen LogP) is 6.81. The van der Waals surface area contributed by atoms with Gasteiger partial charge in [-0.25, -0.2) is 0 Å². The van der Waals surface area contributed by atoms with E-state index in [0.29, 0.717) is 31.9 Å². The van der Waals surface area contributed by atoms with Crippen molar-refractivity contribution in [1.82, 2.24) is 9.88 Å². The molecule has 206 valence electrons. The van der Waals surface area contributed by atoms with Crippen LogP contribution in [0, 0.1) is 0 Å². The van der Waals surface area contributed by atoms with Gasteiger partial charge in [-0.05, 0) is 71.0 Å². The van der Waals surface area contributed by atoms with Gasteiger partial charge < -0.3 is 10.0 Å². The number of aliphatic carboxylic acids is 1. The summed E-state index contributed by atoms with van der Waals surface area (Å²) in [7, 11) is 0. The van der Waals surface area contributed by atoms with Gasteiger partial charge in [0.05, 0.1) is 17.8 Å². The number of hydrogen-bond donors (Lipinski definition) is 1. The van der Waals surface area contributed by atoms with Gasteiger partial charge in [-0.3, -0.25) is 14.7 Å². The number of carboxylic acid groups (broad SMARTS) is 1. The SMILES string of the molecule is O=C(O)CN(Cc1ccc(-c2cccc(CN3CCCc4ccc(C(F)(F)F)cc43)c2)cc1)Cc1ccccn1. The number of hydrogen-bond acceptors (Lipinski definition) is 4. The monoisotopic (exact) mass is 545 g/mol. The first-order valence-electron chi connectivity index (χ1n) is 13.2. The molecule has 0 atom stereocenters. The highest BCUT2D eigenvalue weighted by Gasteiger charge is 2.32. The Kier molecular flexibility index (Phi) is 8.16. The molecule has 1 aliphatic heterocycles. The quantitative estimate of drug-likeness (QED) is 0.251. The van der Waals surface area contributed by atoms with Gasteiger partial charge in [0.2, 0.25) is 0 Å². The van der Waals surface area contributed by atoms with Crippen molar-refractivity contribution in [2.75, 3.05) is 18.0 Å². The number of aromatic nitrogens is 1. The number of anilines is 1. The molecule has 0 unspecified atom stereocenters. The Morgan fingerprint density at radius 3 is 2.45 bits per heavy atom. The Morgan fingerprint density at radius 1 is 0.900 bits per heavy atom. The molecule has 0 aliphatic carbocycles. The van der Waals surface area contributed by atoms with Gasteiger partial charge >= 0.3 is 12.1 Å². The van der Waals surface area contributed by atoms with E-state index in [2.05, 4.69) is 11.1 Å². The molecule has 0 bridgehead atoms. The molecule has 5 nitrogen and oxygen atoms in total. The van der Waals surface area contributed by atoms with E-state index in [1.54, 1.807) is 12.3 Å². The molecule has 0 spiro atoms. The van der Waals surface area contributed by atoms with Gasteiger partial charge in [-0.15, -0.1) is 0 Å². The second kappa shape index (κ2) is 11.9. The van der Waals surface area contributed by atoms with Crippen LogP contribution in [-0.2, 0) is 37.0 Å².